The van der Waals surface area contributed by atoms with Crippen molar-refractivity contribution in [2.45, 2.75) is 0 Å². The van der Waals surface area contributed by atoms with Crippen molar-refractivity contribution < 1.29 is 9.90 Å². The third kappa shape index (κ3) is 2.59. The van der Waals surface area contributed by atoms with Crippen LogP contribution in [-0.2, 0) is 0 Å². The molecule has 0 radical (unpaired) electrons. The first-order valence-corrected chi connectivity index (χ1v) is 3.78. The summed E-state index contributed by atoms with van der Waals surface area (Å²) in [5, 5.41) is 11.6. The molecular formula is C9H10N2O2. The Balaban J connectivity index is 2.79. The van der Waals surface area contributed by atoms with Gasteiger partial charge >= 0.3 is 5.97 Å². The van der Waals surface area contributed by atoms with Gasteiger partial charge in [0, 0.05) is 18.4 Å². The number of hydrogen-bond acceptors (Lipinski definition) is 3. The lowest BCUT2D eigenvalue weighted by Gasteiger charge is -2.02. The van der Waals surface area contributed by atoms with Crippen LogP contribution in [0.3, 0.4) is 0 Å². The van der Waals surface area contributed by atoms with E-state index < -0.39 is 5.97 Å². The fraction of sp³-hybridized carbons (Fsp3) is 0.111. The second kappa shape index (κ2) is 4.25. The summed E-state index contributed by atoms with van der Waals surface area (Å²) in [5.41, 5.74) is 0.765. The molecule has 0 amide bonds. The zero-order valence-electron chi connectivity index (χ0n) is 7.03. The predicted octanol–water partition coefficient (Wildman–Crippen LogP) is 1.38. The summed E-state index contributed by atoms with van der Waals surface area (Å²) in [4.78, 5) is 14.2. The van der Waals surface area contributed by atoms with Crippen LogP contribution in [0.15, 0.2) is 31.0 Å². The molecule has 68 valence electrons. The van der Waals surface area contributed by atoms with Gasteiger partial charge in [-0.1, -0.05) is 6.08 Å². The minimum atomic E-state index is -1.03. The van der Waals surface area contributed by atoms with Crippen LogP contribution in [0.2, 0.25) is 0 Å². The average molecular weight is 178 g/mol. The number of aromatic carboxylic acids is 1. The highest BCUT2D eigenvalue weighted by Crippen LogP contribution is 2.07. The molecule has 1 aromatic heterocycles. The summed E-state index contributed by atoms with van der Waals surface area (Å²) < 4.78 is 0. The van der Waals surface area contributed by atoms with Gasteiger partial charge in [0.25, 0.3) is 0 Å². The molecule has 0 saturated carbocycles. The number of nitrogens with one attached hydrogen (secondary N) is 1. The maximum atomic E-state index is 10.5. The van der Waals surface area contributed by atoms with Gasteiger partial charge in [0.1, 0.15) is 5.69 Å². The van der Waals surface area contributed by atoms with Crippen molar-refractivity contribution in [1.29, 1.82) is 0 Å². The standard InChI is InChI=1S/C9H10N2O2/c1-2-4-10-7-3-5-11-8(6-7)9(12)13/h2-3,5-6H,1,4H2,(H,10,11)(H,12,13). The molecule has 0 aliphatic rings. The molecule has 0 aliphatic carbocycles. The van der Waals surface area contributed by atoms with E-state index in [1.54, 1.807) is 12.1 Å². The van der Waals surface area contributed by atoms with E-state index in [0.29, 0.717) is 6.54 Å². The summed E-state index contributed by atoms with van der Waals surface area (Å²) in [5.74, 6) is -1.03. The van der Waals surface area contributed by atoms with Gasteiger partial charge in [0.05, 0.1) is 0 Å². The molecule has 0 atom stereocenters. The highest BCUT2D eigenvalue weighted by molar-refractivity contribution is 5.86. The first-order valence-electron chi connectivity index (χ1n) is 3.78. The van der Waals surface area contributed by atoms with Gasteiger partial charge in [-0.15, -0.1) is 6.58 Å². The molecule has 1 heterocycles. The zero-order chi connectivity index (χ0) is 9.68. The topological polar surface area (TPSA) is 62.2 Å². The van der Waals surface area contributed by atoms with E-state index in [4.69, 9.17) is 5.11 Å². The largest absolute Gasteiger partial charge is 0.477 e. The normalized spacial score (nSPS) is 9.23. The summed E-state index contributed by atoms with van der Waals surface area (Å²) in [6, 6.07) is 3.18. The molecule has 0 unspecified atom stereocenters. The Morgan fingerprint density at radius 2 is 2.54 bits per heavy atom. The molecule has 0 bridgehead atoms. The maximum Gasteiger partial charge on any atom is 0.354 e. The summed E-state index contributed by atoms with van der Waals surface area (Å²) in [6.07, 6.45) is 3.15. The summed E-state index contributed by atoms with van der Waals surface area (Å²) in [7, 11) is 0. The molecule has 0 saturated heterocycles. The number of anilines is 1. The average Bonchev–Trinajstić information content (AvgIpc) is 2.15. The summed E-state index contributed by atoms with van der Waals surface area (Å²) in [6.45, 7) is 4.14. The van der Waals surface area contributed by atoms with Crippen LogP contribution in [0.25, 0.3) is 0 Å². The molecule has 0 aliphatic heterocycles. The first-order chi connectivity index (χ1) is 6.24. The number of carbonyl (C=O) groups is 1. The highest BCUT2D eigenvalue weighted by atomic mass is 16.4. The van der Waals surface area contributed by atoms with Gasteiger partial charge in [-0.3, -0.25) is 0 Å². The fourth-order valence-electron chi connectivity index (χ4n) is 0.847. The van der Waals surface area contributed by atoms with Crippen LogP contribution in [0, 0.1) is 0 Å². The molecule has 0 aromatic carbocycles. The van der Waals surface area contributed by atoms with Gasteiger partial charge in [-0.25, -0.2) is 9.78 Å². The number of carboxylic acid groups (broad SMARTS) is 1. The van der Waals surface area contributed by atoms with Crippen molar-refractivity contribution in [3.8, 4) is 0 Å². The smallest absolute Gasteiger partial charge is 0.354 e. The van der Waals surface area contributed by atoms with E-state index in [2.05, 4.69) is 16.9 Å². The molecule has 0 fully saturated rings. The van der Waals surface area contributed by atoms with Gasteiger partial charge < -0.3 is 10.4 Å². The van der Waals surface area contributed by atoms with E-state index in [-0.39, 0.29) is 5.69 Å². The van der Waals surface area contributed by atoms with Crippen molar-refractivity contribution >= 4 is 11.7 Å². The Bertz CT molecular complexity index is 323. The van der Waals surface area contributed by atoms with Crippen LogP contribution >= 0.6 is 0 Å². The van der Waals surface area contributed by atoms with Gasteiger partial charge in [-0.2, -0.15) is 0 Å². The van der Waals surface area contributed by atoms with Gasteiger partial charge in [0.2, 0.25) is 0 Å². The lowest BCUT2D eigenvalue weighted by Crippen LogP contribution is -2.03. The Kier molecular flexibility index (Phi) is 3.03. The molecule has 2 N–H and O–H groups in total. The monoisotopic (exact) mass is 178 g/mol. The van der Waals surface area contributed by atoms with Gasteiger partial charge in [0.15, 0.2) is 0 Å². The first kappa shape index (κ1) is 9.25. The van der Waals surface area contributed by atoms with Crippen LogP contribution in [0.4, 0.5) is 5.69 Å². The lowest BCUT2D eigenvalue weighted by molar-refractivity contribution is 0.0690. The van der Waals surface area contributed by atoms with Gasteiger partial charge in [-0.05, 0) is 12.1 Å². The third-order valence-electron chi connectivity index (χ3n) is 1.43. The number of aromatic nitrogens is 1. The van der Waals surface area contributed by atoms with Crippen molar-refractivity contribution in [1.82, 2.24) is 4.98 Å². The Morgan fingerprint density at radius 3 is 3.15 bits per heavy atom. The molecule has 1 aromatic rings. The molecule has 13 heavy (non-hydrogen) atoms. The second-order valence-corrected chi connectivity index (χ2v) is 2.40. The Hall–Kier alpha value is -1.84. The predicted molar refractivity (Wildman–Crippen MR) is 49.9 cm³/mol. The van der Waals surface area contributed by atoms with E-state index in [0.717, 1.165) is 5.69 Å². The number of rotatable bonds is 4. The molecule has 0 spiro atoms. The number of hydrogen-bond donors (Lipinski definition) is 2. The number of carboxylic acids is 1. The Labute approximate surface area is 75.9 Å². The van der Waals surface area contributed by atoms with Crippen molar-refractivity contribution in [3.05, 3.63) is 36.7 Å². The van der Waals surface area contributed by atoms with Crippen molar-refractivity contribution in [2.24, 2.45) is 0 Å². The maximum absolute atomic E-state index is 10.5. The minimum Gasteiger partial charge on any atom is -0.477 e. The SMILES string of the molecule is C=CCNc1ccnc(C(=O)O)c1. The van der Waals surface area contributed by atoms with Crippen LogP contribution in [0.1, 0.15) is 10.5 Å². The fourth-order valence-corrected chi connectivity index (χ4v) is 0.847. The van der Waals surface area contributed by atoms with E-state index in [9.17, 15) is 4.79 Å². The Morgan fingerprint density at radius 1 is 1.77 bits per heavy atom. The highest BCUT2D eigenvalue weighted by Gasteiger charge is 2.03. The third-order valence-corrected chi connectivity index (χ3v) is 1.43. The van der Waals surface area contributed by atoms with E-state index >= 15 is 0 Å². The van der Waals surface area contributed by atoms with Crippen LogP contribution < -0.4 is 5.32 Å². The van der Waals surface area contributed by atoms with Crippen LogP contribution in [0.5, 0.6) is 0 Å². The number of pyridine rings is 1. The van der Waals surface area contributed by atoms with Crippen LogP contribution in [-0.4, -0.2) is 22.6 Å². The van der Waals surface area contributed by atoms with Crippen molar-refractivity contribution in [3.63, 3.8) is 0 Å². The van der Waals surface area contributed by atoms with E-state index in [1.807, 2.05) is 0 Å². The molecule has 4 nitrogen and oxygen atoms in total. The van der Waals surface area contributed by atoms with E-state index in [1.165, 1.54) is 12.3 Å². The molecular weight excluding hydrogens is 168 g/mol. The molecule has 1 rings (SSSR count). The number of nitrogens with zero attached hydrogens (tertiary/aromatic N) is 1. The zero-order valence-corrected chi connectivity index (χ0v) is 7.03. The van der Waals surface area contributed by atoms with Crippen molar-refractivity contribution in [2.75, 3.05) is 11.9 Å². The quantitative estimate of drug-likeness (QED) is 0.683. The molecule has 4 heteroatoms. The summed E-state index contributed by atoms with van der Waals surface area (Å²) >= 11 is 0. The second-order valence-electron chi connectivity index (χ2n) is 2.40. The lowest BCUT2D eigenvalue weighted by atomic mass is 10.3. The minimum absolute atomic E-state index is 0.0362.